The monoisotopic (exact) mass is 388 g/mol. The maximum Gasteiger partial charge on any atom is 0.247 e. The van der Waals surface area contributed by atoms with Gasteiger partial charge in [-0.3, -0.25) is 9.59 Å². The van der Waals surface area contributed by atoms with Crippen molar-refractivity contribution in [2.45, 2.75) is 57.4 Å². The minimum absolute atomic E-state index is 0.162. The van der Waals surface area contributed by atoms with E-state index in [2.05, 4.69) is 5.32 Å². The first-order valence-corrected chi connectivity index (χ1v) is 10.5. The number of likely N-dealkylation sites (tertiary alicyclic amines) is 1. The molecule has 0 aromatic heterocycles. The Balaban J connectivity index is 1.33. The highest BCUT2D eigenvalue weighted by Gasteiger charge is 2.56. The second-order valence-corrected chi connectivity index (χ2v) is 9.47. The van der Waals surface area contributed by atoms with Crippen molar-refractivity contribution in [2.24, 2.45) is 23.2 Å². The number of benzene rings is 1. The molecule has 1 saturated heterocycles. The number of amides is 2. The van der Waals surface area contributed by atoms with Gasteiger partial charge in [-0.15, -0.1) is 0 Å². The quantitative estimate of drug-likeness (QED) is 0.847. The van der Waals surface area contributed by atoms with E-state index in [0.717, 1.165) is 37.8 Å². The first-order chi connectivity index (χ1) is 13.4. The molecule has 0 spiro atoms. The van der Waals surface area contributed by atoms with Crippen LogP contribution in [0.2, 0.25) is 0 Å². The summed E-state index contributed by atoms with van der Waals surface area (Å²) in [6.07, 6.45) is 8.16. The Morgan fingerprint density at radius 2 is 1.64 bits per heavy atom. The van der Waals surface area contributed by atoms with Crippen molar-refractivity contribution in [1.82, 2.24) is 4.90 Å². The summed E-state index contributed by atoms with van der Waals surface area (Å²) in [5.41, 5.74) is -0.0439. The smallest absolute Gasteiger partial charge is 0.247 e. The topological polar surface area (TPSA) is 49.4 Å². The standard InChI is InChI=1S/C22H26F2N2O2/c23-17-4-3-16(9-18(17)24)25-20(27)19-2-1-5-26(19)21(28)22-10-13-6-14(11-22)8-15(7-13)12-22/h3-4,9,13-15,19H,1-2,5-8,10-12H2,(H,25,27). The molecule has 1 heterocycles. The molecule has 1 atom stereocenters. The molecule has 1 unspecified atom stereocenters. The van der Waals surface area contributed by atoms with Crippen LogP contribution in [0.4, 0.5) is 14.5 Å². The third-order valence-corrected chi connectivity index (χ3v) is 7.50. The average molecular weight is 388 g/mol. The lowest BCUT2D eigenvalue weighted by Crippen LogP contribution is -2.56. The van der Waals surface area contributed by atoms with Crippen molar-refractivity contribution in [1.29, 1.82) is 0 Å². The third kappa shape index (κ3) is 2.92. The number of nitrogens with one attached hydrogen (secondary N) is 1. The summed E-state index contributed by atoms with van der Waals surface area (Å²) in [7, 11) is 0. The van der Waals surface area contributed by atoms with Crippen LogP contribution in [-0.2, 0) is 9.59 Å². The van der Waals surface area contributed by atoms with Crippen LogP contribution < -0.4 is 5.32 Å². The normalized spacial score (nSPS) is 36.0. The lowest BCUT2D eigenvalue weighted by atomic mass is 9.49. The van der Waals surface area contributed by atoms with Crippen LogP contribution in [0.15, 0.2) is 18.2 Å². The van der Waals surface area contributed by atoms with Crippen LogP contribution in [-0.4, -0.2) is 29.3 Å². The summed E-state index contributed by atoms with van der Waals surface area (Å²) in [5.74, 6) is -0.0638. The van der Waals surface area contributed by atoms with Gasteiger partial charge in [0.15, 0.2) is 11.6 Å². The third-order valence-electron chi connectivity index (χ3n) is 7.50. The Bertz CT molecular complexity index is 789. The summed E-state index contributed by atoms with van der Waals surface area (Å²) in [5, 5.41) is 2.67. The predicted octanol–water partition coefficient (Wildman–Crippen LogP) is 4.11. The van der Waals surface area contributed by atoms with Gasteiger partial charge < -0.3 is 10.2 Å². The van der Waals surface area contributed by atoms with Gasteiger partial charge >= 0.3 is 0 Å². The molecule has 1 N–H and O–H groups in total. The summed E-state index contributed by atoms with van der Waals surface area (Å²) in [6.45, 7) is 0.608. The number of hydrogen-bond acceptors (Lipinski definition) is 2. The van der Waals surface area contributed by atoms with Crippen molar-refractivity contribution in [3.8, 4) is 0 Å². The highest BCUT2D eigenvalue weighted by Crippen LogP contribution is 2.60. The number of rotatable bonds is 3. The molecule has 1 aromatic carbocycles. The van der Waals surface area contributed by atoms with E-state index in [0.29, 0.717) is 30.7 Å². The molecule has 6 rings (SSSR count). The molecule has 0 radical (unpaired) electrons. The summed E-state index contributed by atoms with van der Waals surface area (Å²) in [6, 6.07) is 2.80. The van der Waals surface area contributed by atoms with Gasteiger partial charge in [-0.1, -0.05) is 0 Å². The van der Waals surface area contributed by atoms with E-state index in [-0.39, 0.29) is 22.9 Å². The average Bonchev–Trinajstić information content (AvgIpc) is 3.13. The van der Waals surface area contributed by atoms with E-state index in [9.17, 15) is 18.4 Å². The lowest BCUT2D eigenvalue weighted by molar-refractivity contribution is -0.160. The largest absolute Gasteiger partial charge is 0.330 e. The van der Waals surface area contributed by atoms with Crippen LogP contribution in [0.3, 0.4) is 0 Å². The zero-order chi connectivity index (χ0) is 19.5. The van der Waals surface area contributed by atoms with Gasteiger partial charge in [0, 0.05) is 18.3 Å². The Morgan fingerprint density at radius 3 is 2.25 bits per heavy atom. The molecular weight excluding hydrogens is 362 g/mol. The molecule has 4 aliphatic carbocycles. The van der Waals surface area contributed by atoms with E-state index >= 15 is 0 Å². The molecule has 6 heteroatoms. The van der Waals surface area contributed by atoms with E-state index in [1.807, 2.05) is 0 Å². The fourth-order valence-corrected chi connectivity index (χ4v) is 6.76. The molecule has 2 amide bonds. The SMILES string of the molecule is O=C(Nc1ccc(F)c(F)c1)C1CCCN1C(=O)C12CC3CC(CC(C3)C1)C2. The van der Waals surface area contributed by atoms with Gasteiger partial charge in [0.05, 0.1) is 5.41 Å². The number of hydrogen-bond donors (Lipinski definition) is 1. The molecule has 150 valence electrons. The van der Waals surface area contributed by atoms with Gasteiger partial charge in [-0.25, -0.2) is 8.78 Å². The Hall–Kier alpha value is -1.98. The van der Waals surface area contributed by atoms with E-state index in [1.54, 1.807) is 4.90 Å². The molecule has 1 aromatic rings. The molecule has 28 heavy (non-hydrogen) atoms. The highest BCUT2D eigenvalue weighted by molar-refractivity contribution is 5.98. The minimum Gasteiger partial charge on any atom is -0.330 e. The predicted molar refractivity (Wildman–Crippen MR) is 100 cm³/mol. The summed E-state index contributed by atoms with van der Waals surface area (Å²) < 4.78 is 26.6. The number of carbonyl (C=O) groups excluding carboxylic acids is 2. The van der Waals surface area contributed by atoms with Gasteiger partial charge in [-0.2, -0.15) is 0 Å². The maximum absolute atomic E-state index is 13.6. The Kier molecular flexibility index (Phi) is 4.21. The lowest BCUT2D eigenvalue weighted by Gasteiger charge is -2.56. The molecule has 1 aliphatic heterocycles. The molecule has 4 saturated carbocycles. The van der Waals surface area contributed by atoms with Crippen molar-refractivity contribution in [3.63, 3.8) is 0 Å². The van der Waals surface area contributed by atoms with Gasteiger partial charge in [0.2, 0.25) is 11.8 Å². The van der Waals surface area contributed by atoms with Crippen LogP contribution in [0.5, 0.6) is 0 Å². The van der Waals surface area contributed by atoms with Gasteiger partial charge in [0.1, 0.15) is 6.04 Å². The van der Waals surface area contributed by atoms with Gasteiger partial charge in [-0.05, 0) is 81.3 Å². The van der Waals surface area contributed by atoms with Crippen molar-refractivity contribution >= 4 is 17.5 Å². The van der Waals surface area contributed by atoms with E-state index in [1.165, 1.54) is 25.3 Å². The number of halogens is 2. The fourth-order valence-electron chi connectivity index (χ4n) is 6.76. The fraction of sp³-hybridized carbons (Fsp3) is 0.636. The molecular formula is C22H26F2N2O2. The van der Waals surface area contributed by atoms with E-state index < -0.39 is 17.7 Å². The Morgan fingerprint density at radius 1 is 1.00 bits per heavy atom. The zero-order valence-corrected chi connectivity index (χ0v) is 15.9. The Labute approximate surface area is 163 Å². The number of carbonyl (C=O) groups is 2. The molecule has 4 nitrogen and oxygen atoms in total. The molecule has 4 bridgehead atoms. The van der Waals surface area contributed by atoms with Crippen LogP contribution in [0, 0.1) is 34.8 Å². The first-order valence-electron chi connectivity index (χ1n) is 10.5. The first kappa shape index (κ1) is 18.1. The molecule has 5 aliphatic rings. The van der Waals surface area contributed by atoms with Crippen LogP contribution in [0.1, 0.15) is 51.4 Å². The summed E-state index contributed by atoms with van der Waals surface area (Å²) >= 11 is 0. The summed E-state index contributed by atoms with van der Waals surface area (Å²) in [4.78, 5) is 28.2. The number of nitrogens with zero attached hydrogens (tertiary/aromatic N) is 1. The second kappa shape index (κ2) is 6.53. The van der Waals surface area contributed by atoms with Crippen LogP contribution >= 0.6 is 0 Å². The highest BCUT2D eigenvalue weighted by atomic mass is 19.2. The zero-order valence-electron chi connectivity index (χ0n) is 15.9. The van der Waals surface area contributed by atoms with Crippen LogP contribution in [0.25, 0.3) is 0 Å². The van der Waals surface area contributed by atoms with Crippen molar-refractivity contribution < 1.29 is 18.4 Å². The van der Waals surface area contributed by atoms with Crippen molar-refractivity contribution in [2.75, 3.05) is 11.9 Å². The van der Waals surface area contributed by atoms with Crippen molar-refractivity contribution in [3.05, 3.63) is 29.8 Å². The maximum atomic E-state index is 13.6. The second-order valence-electron chi connectivity index (χ2n) is 9.47. The van der Waals surface area contributed by atoms with Gasteiger partial charge in [0.25, 0.3) is 0 Å². The minimum atomic E-state index is -0.995. The molecule has 5 fully saturated rings. The van der Waals surface area contributed by atoms with E-state index in [4.69, 9.17) is 0 Å². The number of anilines is 1.